The minimum Gasteiger partial charge on any atom is -0.300 e. The highest BCUT2D eigenvalue weighted by Gasteiger charge is 2.10. The summed E-state index contributed by atoms with van der Waals surface area (Å²) in [5, 5.41) is 0. The molecule has 0 heterocycles. The quantitative estimate of drug-likeness (QED) is 0.667. The highest BCUT2D eigenvalue weighted by atomic mass is 16.1. The van der Waals surface area contributed by atoms with Crippen LogP contribution in [-0.4, -0.2) is 19.0 Å². The molecule has 1 aromatic carbocycles. The van der Waals surface area contributed by atoms with Gasteiger partial charge in [0, 0.05) is 19.7 Å². The zero-order valence-electron chi connectivity index (χ0n) is 8.60. The van der Waals surface area contributed by atoms with Gasteiger partial charge in [0.2, 0.25) is 0 Å². The van der Waals surface area contributed by atoms with Gasteiger partial charge in [0.1, 0.15) is 5.78 Å². The van der Waals surface area contributed by atoms with E-state index in [1.165, 1.54) is 0 Å². The number of Topliss-reactive ketones (excluding diaryl/α,β-unsaturated/α-hetero) is 1. The number of carbonyl (C=O) groups is 1. The number of hydrogen-bond acceptors (Lipinski definition) is 2. The minimum absolute atomic E-state index is 0.0831. The SMILES string of the molecule is CN=CC(C)C(=O)Cc1ccccc1. The van der Waals surface area contributed by atoms with Gasteiger partial charge in [0.05, 0.1) is 5.92 Å². The number of hydrogen-bond donors (Lipinski definition) is 0. The highest BCUT2D eigenvalue weighted by Crippen LogP contribution is 2.04. The molecule has 0 saturated heterocycles. The molecular weight excluding hydrogens is 174 g/mol. The van der Waals surface area contributed by atoms with Crippen LogP contribution in [0.25, 0.3) is 0 Å². The second-order valence-corrected chi connectivity index (χ2v) is 3.32. The van der Waals surface area contributed by atoms with Gasteiger partial charge in [-0.3, -0.25) is 4.79 Å². The molecule has 1 unspecified atom stereocenters. The van der Waals surface area contributed by atoms with Crippen molar-refractivity contribution in [1.29, 1.82) is 0 Å². The van der Waals surface area contributed by atoms with Crippen LogP contribution in [-0.2, 0) is 11.2 Å². The summed E-state index contributed by atoms with van der Waals surface area (Å²) >= 11 is 0. The second-order valence-electron chi connectivity index (χ2n) is 3.32. The summed E-state index contributed by atoms with van der Waals surface area (Å²) in [6.45, 7) is 1.87. The Hall–Kier alpha value is -1.44. The summed E-state index contributed by atoms with van der Waals surface area (Å²) in [5.74, 6) is 0.127. The first-order chi connectivity index (χ1) is 6.74. The van der Waals surface area contributed by atoms with Gasteiger partial charge in [0.15, 0.2) is 0 Å². The van der Waals surface area contributed by atoms with Crippen molar-refractivity contribution >= 4 is 12.0 Å². The Bertz CT molecular complexity index is 316. The summed E-state index contributed by atoms with van der Waals surface area (Å²) in [7, 11) is 1.69. The lowest BCUT2D eigenvalue weighted by Crippen LogP contribution is -2.14. The molecule has 74 valence electrons. The molecule has 0 N–H and O–H groups in total. The van der Waals surface area contributed by atoms with Gasteiger partial charge in [-0.15, -0.1) is 0 Å². The molecule has 1 rings (SSSR count). The summed E-state index contributed by atoms with van der Waals surface area (Å²) in [6, 6.07) is 9.77. The average molecular weight is 189 g/mol. The highest BCUT2D eigenvalue weighted by molar-refractivity contribution is 5.95. The number of carbonyl (C=O) groups excluding carboxylic acids is 1. The second kappa shape index (κ2) is 5.32. The standard InChI is InChI=1S/C12H15NO/c1-10(9-13-2)12(14)8-11-6-4-3-5-7-11/h3-7,9-10H,8H2,1-2H3. The van der Waals surface area contributed by atoms with E-state index < -0.39 is 0 Å². The molecule has 0 bridgehead atoms. The molecule has 0 aliphatic heterocycles. The number of aliphatic imine (C=N–C) groups is 1. The first-order valence-electron chi connectivity index (χ1n) is 4.73. The van der Waals surface area contributed by atoms with Crippen molar-refractivity contribution < 1.29 is 4.79 Å². The Kier molecular flexibility index (Phi) is 4.05. The van der Waals surface area contributed by atoms with E-state index in [9.17, 15) is 4.79 Å². The fourth-order valence-electron chi connectivity index (χ4n) is 1.26. The first-order valence-corrected chi connectivity index (χ1v) is 4.73. The third-order valence-electron chi connectivity index (χ3n) is 2.10. The van der Waals surface area contributed by atoms with E-state index in [1.807, 2.05) is 37.3 Å². The van der Waals surface area contributed by atoms with Gasteiger partial charge >= 0.3 is 0 Å². The molecule has 0 spiro atoms. The molecular formula is C12H15NO. The maximum atomic E-state index is 11.6. The van der Waals surface area contributed by atoms with Crippen LogP contribution in [0.1, 0.15) is 12.5 Å². The monoisotopic (exact) mass is 189 g/mol. The van der Waals surface area contributed by atoms with Gasteiger partial charge in [-0.1, -0.05) is 37.3 Å². The van der Waals surface area contributed by atoms with Crippen molar-refractivity contribution in [1.82, 2.24) is 0 Å². The van der Waals surface area contributed by atoms with Crippen LogP contribution in [0.4, 0.5) is 0 Å². The third-order valence-corrected chi connectivity index (χ3v) is 2.10. The molecule has 1 atom stereocenters. The Morgan fingerprint density at radius 3 is 2.64 bits per heavy atom. The van der Waals surface area contributed by atoms with E-state index in [-0.39, 0.29) is 11.7 Å². The summed E-state index contributed by atoms with van der Waals surface area (Å²) in [6.07, 6.45) is 2.18. The fraction of sp³-hybridized carbons (Fsp3) is 0.333. The third kappa shape index (κ3) is 3.13. The Morgan fingerprint density at radius 1 is 1.43 bits per heavy atom. The van der Waals surface area contributed by atoms with Gasteiger partial charge in [-0.2, -0.15) is 0 Å². The molecule has 2 nitrogen and oxygen atoms in total. The van der Waals surface area contributed by atoms with Crippen molar-refractivity contribution in [2.24, 2.45) is 10.9 Å². The summed E-state index contributed by atoms with van der Waals surface area (Å²) < 4.78 is 0. The molecule has 0 radical (unpaired) electrons. The zero-order chi connectivity index (χ0) is 10.4. The first kappa shape index (κ1) is 10.6. The van der Waals surface area contributed by atoms with Gasteiger partial charge in [-0.25, -0.2) is 0 Å². The fourth-order valence-corrected chi connectivity index (χ4v) is 1.26. The molecule has 0 aliphatic rings. The van der Waals surface area contributed by atoms with Crippen LogP contribution in [0, 0.1) is 5.92 Å². The van der Waals surface area contributed by atoms with Crippen LogP contribution < -0.4 is 0 Å². The van der Waals surface area contributed by atoms with Crippen LogP contribution in [0.5, 0.6) is 0 Å². The topological polar surface area (TPSA) is 29.4 Å². The lowest BCUT2D eigenvalue weighted by Gasteiger charge is -2.04. The largest absolute Gasteiger partial charge is 0.300 e. The lowest BCUT2D eigenvalue weighted by molar-refractivity contribution is -0.119. The van der Waals surface area contributed by atoms with E-state index in [0.717, 1.165) is 5.56 Å². The Labute approximate surface area is 84.7 Å². The molecule has 0 amide bonds. The Balaban J connectivity index is 2.57. The maximum Gasteiger partial charge on any atom is 0.145 e. The molecule has 0 saturated carbocycles. The smallest absolute Gasteiger partial charge is 0.145 e. The predicted octanol–water partition coefficient (Wildman–Crippen LogP) is 2.13. The molecule has 2 heteroatoms. The van der Waals surface area contributed by atoms with E-state index in [1.54, 1.807) is 13.3 Å². The van der Waals surface area contributed by atoms with Crippen molar-refractivity contribution in [2.75, 3.05) is 7.05 Å². The number of ketones is 1. The minimum atomic E-state index is -0.0831. The lowest BCUT2D eigenvalue weighted by atomic mass is 10.0. The van der Waals surface area contributed by atoms with E-state index in [2.05, 4.69) is 4.99 Å². The number of nitrogens with zero attached hydrogens (tertiary/aromatic N) is 1. The van der Waals surface area contributed by atoms with Gasteiger partial charge in [0.25, 0.3) is 0 Å². The van der Waals surface area contributed by atoms with Crippen LogP contribution in [0.2, 0.25) is 0 Å². The normalized spacial score (nSPS) is 13.0. The molecule has 1 aromatic rings. The van der Waals surface area contributed by atoms with Crippen molar-refractivity contribution in [3.8, 4) is 0 Å². The van der Waals surface area contributed by atoms with Crippen molar-refractivity contribution in [3.05, 3.63) is 35.9 Å². The maximum absolute atomic E-state index is 11.6. The number of benzene rings is 1. The van der Waals surface area contributed by atoms with Gasteiger partial charge in [-0.05, 0) is 5.56 Å². The van der Waals surface area contributed by atoms with Crippen LogP contribution >= 0.6 is 0 Å². The number of rotatable bonds is 4. The molecule has 0 aliphatic carbocycles. The summed E-state index contributed by atoms with van der Waals surface area (Å²) in [5.41, 5.74) is 1.06. The molecule has 14 heavy (non-hydrogen) atoms. The Morgan fingerprint density at radius 2 is 2.07 bits per heavy atom. The van der Waals surface area contributed by atoms with Crippen molar-refractivity contribution in [3.63, 3.8) is 0 Å². The molecule has 0 fully saturated rings. The average Bonchev–Trinajstić information content (AvgIpc) is 2.19. The molecule has 0 aromatic heterocycles. The van der Waals surface area contributed by atoms with Crippen molar-refractivity contribution in [2.45, 2.75) is 13.3 Å². The van der Waals surface area contributed by atoms with Crippen LogP contribution in [0.15, 0.2) is 35.3 Å². The predicted molar refractivity (Wildman–Crippen MR) is 58.7 cm³/mol. The van der Waals surface area contributed by atoms with E-state index >= 15 is 0 Å². The van der Waals surface area contributed by atoms with E-state index in [4.69, 9.17) is 0 Å². The zero-order valence-corrected chi connectivity index (χ0v) is 8.60. The summed E-state index contributed by atoms with van der Waals surface area (Å²) in [4.78, 5) is 15.5. The van der Waals surface area contributed by atoms with E-state index in [0.29, 0.717) is 6.42 Å². The van der Waals surface area contributed by atoms with Gasteiger partial charge < -0.3 is 4.99 Å². The van der Waals surface area contributed by atoms with Crippen LogP contribution in [0.3, 0.4) is 0 Å².